The minimum absolute atomic E-state index is 0.0299. The van der Waals surface area contributed by atoms with Gasteiger partial charge in [0.1, 0.15) is 0 Å². The summed E-state index contributed by atoms with van der Waals surface area (Å²) in [6, 6.07) is 11.2. The highest BCUT2D eigenvalue weighted by Crippen LogP contribution is 2.38. The van der Waals surface area contributed by atoms with Gasteiger partial charge in [0, 0.05) is 11.3 Å². The fourth-order valence-electron chi connectivity index (χ4n) is 2.26. The molecule has 1 atom stereocenters. The van der Waals surface area contributed by atoms with Gasteiger partial charge in [0.25, 0.3) is 0 Å². The molecule has 5 heteroatoms. The lowest BCUT2D eigenvalue weighted by molar-refractivity contribution is 0.203. The van der Waals surface area contributed by atoms with Gasteiger partial charge in [-0.05, 0) is 52.0 Å². The largest absolute Gasteiger partial charge is 0.488 e. The first kappa shape index (κ1) is 18.4. The fourth-order valence-corrected chi connectivity index (χ4v) is 2.54. The Morgan fingerprint density at radius 3 is 2.42 bits per heavy atom. The van der Waals surface area contributed by atoms with Gasteiger partial charge in [0.15, 0.2) is 17.7 Å². The Balaban J connectivity index is 2.28. The summed E-state index contributed by atoms with van der Waals surface area (Å²) >= 11 is 6.32. The molecule has 0 saturated carbocycles. The van der Waals surface area contributed by atoms with Crippen LogP contribution in [0.25, 0.3) is 0 Å². The van der Waals surface area contributed by atoms with Gasteiger partial charge in [-0.1, -0.05) is 29.3 Å². The summed E-state index contributed by atoms with van der Waals surface area (Å²) in [5.74, 6) is 1.03. The quantitative estimate of drug-likeness (QED) is 0.695. The van der Waals surface area contributed by atoms with Gasteiger partial charge in [0.05, 0.1) is 17.7 Å². The van der Waals surface area contributed by atoms with Crippen molar-refractivity contribution in [2.24, 2.45) is 0 Å². The van der Waals surface area contributed by atoms with Crippen LogP contribution in [0.2, 0.25) is 5.02 Å². The first-order valence-electron chi connectivity index (χ1n) is 8.05. The summed E-state index contributed by atoms with van der Waals surface area (Å²) in [5, 5.41) is 13.9. The number of aryl methyl sites for hydroxylation is 1. The molecular weight excluding hydrogens is 326 g/mol. The minimum atomic E-state index is -0.907. The van der Waals surface area contributed by atoms with Crippen molar-refractivity contribution in [3.63, 3.8) is 0 Å². The van der Waals surface area contributed by atoms with Crippen molar-refractivity contribution in [1.29, 1.82) is 0 Å². The SMILES string of the molecule is CCOc1c(Cl)cc(C(O)Nc2ccc(C)cc2)cc1OC(C)C. The number of aliphatic hydroxyl groups excluding tert-OH is 1. The van der Waals surface area contributed by atoms with Crippen LogP contribution in [0.15, 0.2) is 36.4 Å². The molecule has 0 aliphatic heterocycles. The van der Waals surface area contributed by atoms with Crippen LogP contribution in [0.5, 0.6) is 11.5 Å². The molecule has 0 fully saturated rings. The molecule has 2 aromatic carbocycles. The Morgan fingerprint density at radius 1 is 1.17 bits per heavy atom. The summed E-state index contributed by atoms with van der Waals surface area (Å²) in [4.78, 5) is 0. The molecule has 2 N–H and O–H groups in total. The number of aliphatic hydroxyl groups is 1. The van der Waals surface area contributed by atoms with Crippen molar-refractivity contribution < 1.29 is 14.6 Å². The van der Waals surface area contributed by atoms with Crippen molar-refractivity contribution in [3.8, 4) is 11.5 Å². The molecule has 130 valence electrons. The third-order valence-corrected chi connectivity index (χ3v) is 3.63. The van der Waals surface area contributed by atoms with Crippen LogP contribution in [0.1, 0.15) is 38.1 Å². The van der Waals surface area contributed by atoms with E-state index in [0.29, 0.717) is 28.7 Å². The lowest BCUT2D eigenvalue weighted by Gasteiger charge is -2.20. The standard InChI is InChI=1S/C19H24ClNO3/c1-5-23-18-16(20)10-14(11-17(18)24-12(2)3)19(22)21-15-8-6-13(4)7-9-15/h6-12,19,21-22H,5H2,1-4H3. The van der Waals surface area contributed by atoms with Crippen LogP contribution in [0.4, 0.5) is 5.69 Å². The summed E-state index contributed by atoms with van der Waals surface area (Å²) in [7, 11) is 0. The minimum Gasteiger partial charge on any atom is -0.488 e. The Bertz CT molecular complexity index is 671. The predicted octanol–water partition coefficient (Wildman–Crippen LogP) is 4.94. The van der Waals surface area contributed by atoms with Crippen LogP contribution >= 0.6 is 11.6 Å². The van der Waals surface area contributed by atoms with Gasteiger partial charge < -0.3 is 19.9 Å². The van der Waals surface area contributed by atoms with Gasteiger partial charge in [-0.3, -0.25) is 0 Å². The van der Waals surface area contributed by atoms with Gasteiger partial charge in [-0.25, -0.2) is 0 Å². The van der Waals surface area contributed by atoms with E-state index in [4.69, 9.17) is 21.1 Å². The van der Waals surface area contributed by atoms with Crippen LogP contribution in [-0.2, 0) is 0 Å². The average Bonchev–Trinajstić information content (AvgIpc) is 2.52. The smallest absolute Gasteiger partial charge is 0.179 e. The van der Waals surface area contributed by atoms with E-state index in [-0.39, 0.29) is 6.10 Å². The predicted molar refractivity (Wildman–Crippen MR) is 98.1 cm³/mol. The molecule has 2 rings (SSSR count). The zero-order valence-corrected chi connectivity index (χ0v) is 15.2. The molecule has 1 unspecified atom stereocenters. The molecule has 0 heterocycles. The second-order valence-corrected chi connectivity index (χ2v) is 6.25. The third kappa shape index (κ3) is 4.79. The number of ether oxygens (including phenoxy) is 2. The monoisotopic (exact) mass is 349 g/mol. The van der Waals surface area contributed by atoms with Crippen LogP contribution in [0.3, 0.4) is 0 Å². The van der Waals surface area contributed by atoms with Crippen molar-refractivity contribution in [2.75, 3.05) is 11.9 Å². The van der Waals surface area contributed by atoms with E-state index in [1.54, 1.807) is 12.1 Å². The summed E-state index contributed by atoms with van der Waals surface area (Å²) in [5.41, 5.74) is 2.59. The number of nitrogens with one attached hydrogen (secondary N) is 1. The van der Waals surface area contributed by atoms with E-state index in [1.807, 2.05) is 52.0 Å². The summed E-state index contributed by atoms with van der Waals surface area (Å²) in [6.07, 6.45) is -0.937. The molecule has 24 heavy (non-hydrogen) atoms. The normalized spacial score (nSPS) is 12.1. The van der Waals surface area contributed by atoms with E-state index >= 15 is 0 Å². The maximum atomic E-state index is 10.5. The molecule has 2 aromatic rings. The first-order chi connectivity index (χ1) is 11.4. The van der Waals surface area contributed by atoms with E-state index in [1.165, 1.54) is 0 Å². The van der Waals surface area contributed by atoms with Gasteiger partial charge >= 0.3 is 0 Å². The van der Waals surface area contributed by atoms with Gasteiger partial charge in [-0.2, -0.15) is 0 Å². The van der Waals surface area contributed by atoms with E-state index < -0.39 is 6.23 Å². The van der Waals surface area contributed by atoms with E-state index in [9.17, 15) is 5.11 Å². The number of benzene rings is 2. The Kier molecular flexibility index (Phi) is 6.35. The topological polar surface area (TPSA) is 50.7 Å². The molecule has 4 nitrogen and oxygen atoms in total. The highest BCUT2D eigenvalue weighted by atomic mass is 35.5. The van der Waals surface area contributed by atoms with Crippen molar-refractivity contribution in [2.45, 2.75) is 40.0 Å². The lowest BCUT2D eigenvalue weighted by Crippen LogP contribution is -2.12. The van der Waals surface area contributed by atoms with Crippen LogP contribution in [0, 0.1) is 6.92 Å². The number of hydrogen-bond acceptors (Lipinski definition) is 4. The number of anilines is 1. The lowest BCUT2D eigenvalue weighted by atomic mass is 10.1. The van der Waals surface area contributed by atoms with Crippen molar-refractivity contribution >= 4 is 17.3 Å². The molecule has 0 bridgehead atoms. The number of halogens is 1. The molecule has 0 aliphatic carbocycles. The molecule has 0 saturated heterocycles. The molecule has 0 aliphatic rings. The van der Waals surface area contributed by atoms with Crippen molar-refractivity contribution in [3.05, 3.63) is 52.5 Å². The number of rotatable bonds is 7. The van der Waals surface area contributed by atoms with Gasteiger partial charge in [0.2, 0.25) is 0 Å². The first-order valence-corrected chi connectivity index (χ1v) is 8.42. The Labute approximate surface area is 148 Å². The summed E-state index contributed by atoms with van der Waals surface area (Å²) in [6.45, 7) is 8.24. The van der Waals surface area contributed by atoms with Crippen LogP contribution < -0.4 is 14.8 Å². The zero-order valence-electron chi connectivity index (χ0n) is 14.5. The van der Waals surface area contributed by atoms with Crippen LogP contribution in [-0.4, -0.2) is 17.8 Å². The second kappa shape index (κ2) is 8.27. The summed E-state index contributed by atoms with van der Waals surface area (Å²) < 4.78 is 11.4. The Hall–Kier alpha value is -1.91. The molecule has 0 aromatic heterocycles. The zero-order chi connectivity index (χ0) is 17.7. The highest BCUT2D eigenvalue weighted by molar-refractivity contribution is 6.32. The maximum Gasteiger partial charge on any atom is 0.179 e. The Morgan fingerprint density at radius 2 is 1.83 bits per heavy atom. The van der Waals surface area contributed by atoms with E-state index in [2.05, 4.69) is 5.32 Å². The maximum absolute atomic E-state index is 10.5. The second-order valence-electron chi connectivity index (χ2n) is 5.84. The highest BCUT2D eigenvalue weighted by Gasteiger charge is 2.17. The average molecular weight is 350 g/mol. The molecule has 0 radical (unpaired) electrons. The number of hydrogen-bond donors (Lipinski definition) is 2. The molecule has 0 spiro atoms. The van der Waals surface area contributed by atoms with Gasteiger partial charge in [-0.15, -0.1) is 0 Å². The van der Waals surface area contributed by atoms with E-state index in [0.717, 1.165) is 11.3 Å². The fraction of sp³-hybridized carbons (Fsp3) is 0.368. The third-order valence-electron chi connectivity index (χ3n) is 3.35. The molecule has 0 amide bonds. The molecular formula is C19H24ClNO3. The van der Waals surface area contributed by atoms with Crippen molar-refractivity contribution in [1.82, 2.24) is 0 Å².